The number of carbonyl (C=O) groups is 2. The summed E-state index contributed by atoms with van der Waals surface area (Å²) in [5.41, 5.74) is -1.88. The molecule has 28 heavy (non-hydrogen) atoms. The zero-order chi connectivity index (χ0) is 21.4. The number of carbonyl (C=O) groups excluding carboxylic acids is 2. The van der Waals surface area contributed by atoms with Crippen molar-refractivity contribution >= 4 is 12.2 Å². The van der Waals surface area contributed by atoms with Crippen LogP contribution >= 0.6 is 0 Å². The van der Waals surface area contributed by atoms with Gasteiger partial charge in [-0.1, -0.05) is 0 Å². The highest BCUT2D eigenvalue weighted by Crippen LogP contribution is 2.33. The average Bonchev–Trinajstić information content (AvgIpc) is 2.58. The Morgan fingerprint density at radius 3 is 2.39 bits per heavy atom. The summed E-state index contributed by atoms with van der Waals surface area (Å²) in [5, 5.41) is 4.77. The molecule has 11 heteroatoms. The average molecular weight is 410 g/mol. The Morgan fingerprint density at radius 2 is 1.86 bits per heavy atom. The van der Waals surface area contributed by atoms with Gasteiger partial charge in [-0.05, 0) is 30.5 Å². The lowest BCUT2D eigenvalue weighted by Crippen LogP contribution is -2.24. The minimum Gasteiger partial charge on any atom is -0.492 e. The van der Waals surface area contributed by atoms with Crippen LogP contribution in [-0.4, -0.2) is 32.0 Å². The summed E-state index contributed by atoms with van der Waals surface area (Å²) in [6.45, 7) is -0.883. The number of allylic oxidation sites excluding steroid dienone is 2. The van der Waals surface area contributed by atoms with Gasteiger partial charge < -0.3 is 15.4 Å². The van der Waals surface area contributed by atoms with Crippen molar-refractivity contribution in [3.63, 3.8) is 0 Å². The number of hydrogen-bond acceptors (Lipinski definition) is 4. The smallest absolute Gasteiger partial charge is 0.416 e. The molecule has 154 valence electrons. The maximum absolute atomic E-state index is 12.9. The van der Waals surface area contributed by atoms with Gasteiger partial charge in [-0.15, -0.1) is 0 Å². The van der Waals surface area contributed by atoms with E-state index in [-0.39, 0.29) is 5.70 Å². The molecule has 1 aromatic rings. The van der Waals surface area contributed by atoms with Gasteiger partial charge in [-0.3, -0.25) is 9.59 Å². The fourth-order valence-electron chi connectivity index (χ4n) is 1.87. The summed E-state index contributed by atoms with van der Waals surface area (Å²) in [7, 11) is 1.52. The van der Waals surface area contributed by atoms with E-state index in [4.69, 9.17) is 4.74 Å². The van der Waals surface area contributed by atoms with Crippen LogP contribution in [0.25, 0.3) is 0 Å². The van der Waals surface area contributed by atoms with Crippen molar-refractivity contribution in [3.8, 4) is 5.75 Å². The molecule has 2 N–H and O–H groups in total. The number of hydrogen-bond donors (Lipinski definition) is 2. The molecule has 0 aliphatic rings. The Hall–Kier alpha value is -2.98. The molecule has 0 atom stereocenters. The third-order valence-corrected chi connectivity index (χ3v) is 3.13. The van der Waals surface area contributed by atoms with Crippen LogP contribution in [0.1, 0.15) is 22.3 Å². The standard InChI is InChI=1S/C17H16F6N2O3/c1-24-7-4-12(5-8-26)25-15(27)13-10-11(17(21,22)23)2-3-14(13)28-9-6-16(18,19)20/h2-5,7-8,10,24H,6,9H2,1H3,(H,25,27)/b7-4-,12-5+. The maximum Gasteiger partial charge on any atom is 0.416 e. The van der Waals surface area contributed by atoms with Gasteiger partial charge in [0.25, 0.3) is 5.91 Å². The molecule has 5 nitrogen and oxygen atoms in total. The fourth-order valence-corrected chi connectivity index (χ4v) is 1.87. The topological polar surface area (TPSA) is 67.4 Å². The van der Waals surface area contributed by atoms with Gasteiger partial charge in [0, 0.05) is 18.8 Å². The molecule has 1 aromatic carbocycles. The molecule has 0 aliphatic heterocycles. The maximum atomic E-state index is 12.9. The second kappa shape index (κ2) is 9.81. The molecular weight excluding hydrogens is 394 g/mol. The minimum atomic E-state index is -4.78. The summed E-state index contributed by atoms with van der Waals surface area (Å²) < 4.78 is 80.4. The summed E-state index contributed by atoms with van der Waals surface area (Å²) in [6.07, 6.45) is -6.81. The third-order valence-electron chi connectivity index (χ3n) is 3.13. The largest absolute Gasteiger partial charge is 0.492 e. The Balaban J connectivity index is 3.18. The van der Waals surface area contributed by atoms with E-state index in [0.717, 1.165) is 12.1 Å². The normalized spacial score (nSPS) is 12.8. The SMILES string of the molecule is CN/C=C\C(=C/C=O)NC(=O)c1cc(C(F)(F)F)ccc1OCCC(F)(F)F. The van der Waals surface area contributed by atoms with E-state index in [0.29, 0.717) is 18.4 Å². The molecule has 0 heterocycles. The molecule has 0 saturated heterocycles. The zero-order valence-electron chi connectivity index (χ0n) is 14.4. The van der Waals surface area contributed by atoms with Gasteiger partial charge in [0.2, 0.25) is 0 Å². The number of rotatable bonds is 8. The molecule has 0 saturated carbocycles. The van der Waals surface area contributed by atoms with Gasteiger partial charge in [0.05, 0.1) is 24.2 Å². The highest BCUT2D eigenvalue weighted by Gasteiger charge is 2.32. The second-order valence-electron chi connectivity index (χ2n) is 5.26. The number of ether oxygens (including phenoxy) is 1. The van der Waals surface area contributed by atoms with E-state index in [1.165, 1.54) is 19.3 Å². The lowest BCUT2D eigenvalue weighted by molar-refractivity contribution is -0.139. The number of nitrogens with one attached hydrogen (secondary N) is 2. The van der Waals surface area contributed by atoms with E-state index >= 15 is 0 Å². The molecule has 1 amide bonds. The van der Waals surface area contributed by atoms with Crippen molar-refractivity contribution < 1.29 is 40.7 Å². The quantitative estimate of drug-likeness (QED) is 0.298. The van der Waals surface area contributed by atoms with Crippen LogP contribution in [0.5, 0.6) is 5.75 Å². The molecule has 0 aromatic heterocycles. The Bertz CT molecular complexity index is 754. The van der Waals surface area contributed by atoms with Crippen molar-refractivity contribution in [3.05, 3.63) is 53.4 Å². The van der Waals surface area contributed by atoms with E-state index in [9.17, 15) is 35.9 Å². The monoisotopic (exact) mass is 410 g/mol. The molecule has 1 rings (SSSR count). The number of benzene rings is 1. The van der Waals surface area contributed by atoms with Gasteiger partial charge in [-0.2, -0.15) is 26.3 Å². The van der Waals surface area contributed by atoms with Gasteiger partial charge in [-0.25, -0.2) is 0 Å². The Kier molecular flexibility index (Phi) is 8.08. The van der Waals surface area contributed by atoms with Gasteiger partial charge in [0.1, 0.15) is 12.0 Å². The number of aldehydes is 1. The first-order valence-corrected chi connectivity index (χ1v) is 7.69. The van der Waals surface area contributed by atoms with Crippen LogP contribution in [-0.2, 0) is 11.0 Å². The summed E-state index contributed by atoms with van der Waals surface area (Å²) in [6, 6.07) is 1.81. The molecule has 0 radical (unpaired) electrons. The summed E-state index contributed by atoms with van der Waals surface area (Å²) in [4.78, 5) is 23.0. The van der Waals surface area contributed by atoms with Crippen molar-refractivity contribution in [2.45, 2.75) is 18.8 Å². The third kappa shape index (κ3) is 7.72. The van der Waals surface area contributed by atoms with Gasteiger partial charge >= 0.3 is 12.4 Å². The summed E-state index contributed by atoms with van der Waals surface area (Å²) >= 11 is 0. The van der Waals surface area contributed by atoms with E-state index in [2.05, 4.69) is 10.6 Å². The molecule has 0 bridgehead atoms. The number of amides is 1. The predicted molar refractivity (Wildman–Crippen MR) is 87.4 cm³/mol. The van der Waals surface area contributed by atoms with Crippen LogP contribution in [0, 0.1) is 0 Å². The first-order chi connectivity index (χ1) is 13.0. The summed E-state index contributed by atoms with van der Waals surface area (Å²) in [5.74, 6) is -1.56. The van der Waals surface area contributed by atoms with Crippen LogP contribution in [0.3, 0.4) is 0 Å². The van der Waals surface area contributed by atoms with Crippen LogP contribution in [0.15, 0.2) is 42.2 Å². The number of alkyl halides is 6. The lowest BCUT2D eigenvalue weighted by atomic mass is 10.1. The van der Waals surface area contributed by atoms with Crippen molar-refractivity contribution in [1.82, 2.24) is 10.6 Å². The van der Waals surface area contributed by atoms with Crippen LogP contribution in [0.4, 0.5) is 26.3 Å². The minimum absolute atomic E-state index is 0.0620. The Morgan fingerprint density at radius 1 is 1.18 bits per heavy atom. The van der Waals surface area contributed by atoms with Crippen molar-refractivity contribution in [2.75, 3.05) is 13.7 Å². The van der Waals surface area contributed by atoms with Gasteiger partial charge in [0.15, 0.2) is 0 Å². The molecular formula is C17H16F6N2O3. The molecule has 0 fully saturated rings. The van der Waals surface area contributed by atoms with Crippen molar-refractivity contribution in [1.29, 1.82) is 0 Å². The molecule has 0 aliphatic carbocycles. The Labute approximate surface area is 156 Å². The molecule has 0 spiro atoms. The predicted octanol–water partition coefficient (Wildman–Crippen LogP) is 3.58. The van der Waals surface area contributed by atoms with E-state index in [1.54, 1.807) is 0 Å². The van der Waals surface area contributed by atoms with E-state index in [1.807, 2.05) is 0 Å². The first kappa shape index (κ1) is 23.1. The zero-order valence-corrected chi connectivity index (χ0v) is 14.4. The number of halogens is 6. The van der Waals surface area contributed by atoms with Crippen LogP contribution < -0.4 is 15.4 Å². The highest BCUT2D eigenvalue weighted by molar-refractivity contribution is 5.98. The van der Waals surface area contributed by atoms with E-state index < -0.39 is 48.2 Å². The lowest BCUT2D eigenvalue weighted by Gasteiger charge is -2.15. The van der Waals surface area contributed by atoms with Crippen LogP contribution in [0.2, 0.25) is 0 Å². The first-order valence-electron chi connectivity index (χ1n) is 7.69. The second-order valence-corrected chi connectivity index (χ2v) is 5.26. The van der Waals surface area contributed by atoms with Crippen molar-refractivity contribution in [2.24, 2.45) is 0 Å². The highest BCUT2D eigenvalue weighted by atomic mass is 19.4. The molecule has 0 unspecified atom stereocenters. The fraction of sp³-hybridized carbons (Fsp3) is 0.294.